The van der Waals surface area contributed by atoms with Crippen LogP contribution in [0.25, 0.3) is 0 Å². The van der Waals surface area contributed by atoms with E-state index in [0.717, 1.165) is 4.90 Å². The molecule has 2 heterocycles. The summed E-state index contributed by atoms with van der Waals surface area (Å²) in [5.74, 6) is -2.07. The number of aromatic nitrogens is 1. The summed E-state index contributed by atoms with van der Waals surface area (Å²) in [6, 6.07) is 8.65. The lowest BCUT2D eigenvalue weighted by molar-refractivity contribution is -0.193. The normalized spacial score (nSPS) is 16.4. The molecule has 1 atom stereocenters. The van der Waals surface area contributed by atoms with Crippen LogP contribution in [-0.2, 0) is 11.3 Å². The number of halogens is 3. The van der Waals surface area contributed by atoms with Crippen LogP contribution in [-0.4, -0.2) is 28.8 Å². The number of alkyl halides is 3. The summed E-state index contributed by atoms with van der Waals surface area (Å²) in [6.45, 7) is -1.48. The van der Waals surface area contributed by atoms with Crippen LogP contribution in [0.4, 0.5) is 18.9 Å². The minimum absolute atomic E-state index is 0.0266. The number of benzene rings is 1. The third kappa shape index (κ3) is 3.07. The van der Waals surface area contributed by atoms with Crippen molar-refractivity contribution in [2.24, 2.45) is 0 Å². The molecule has 26 heavy (non-hydrogen) atoms. The van der Waals surface area contributed by atoms with Crippen LogP contribution >= 0.6 is 0 Å². The first kappa shape index (κ1) is 17.7. The minimum atomic E-state index is -4.18. The van der Waals surface area contributed by atoms with E-state index in [1.54, 1.807) is 0 Å². The molecule has 0 fully saturated rings. The number of carbonyl (C=O) groups excluding carboxylic acids is 1. The zero-order valence-corrected chi connectivity index (χ0v) is 13.2. The number of nitriles is 1. The van der Waals surface area contributed by atoms with E-state index in [4.69, 9.17) is 5.26 Å². The average molecular weight is 363 g/mol. The fourth-order valence-corrected chi connectivity index (χ4v) is 2.62. The Hall–Kier alpha value is -3.12. The Morgan fingerprint density at radius 3 is 2.85 bits per heavy atom. The summed E-state index contributed by atoms with van der Waals surface area (Å²) in [7, 11) is 0. The Labute approximate surface area is 146 Å². The lowest BCUT2D eigenvalue weighted by Gasteiger charge is -2.35. The Morgan fingerprint density at radius 2 is 2.15 bits per heavy atom. The number of rotatable bonds is 4. The molecular weight excluding hydrogens is 351 g/mol. The van der Waals surface area contributed by atoms with Gasteiger partial charge in [0.05, 0.1) is 12.2 Å². The first-order valence-electron chi connectivity index (χ1n) is 7.48. The molecule has 9 heteroatoms. The summed E-state index contributed by atoms with van der Waals surface area (Å²) < 4.78 is 45.4. The third-order valence-corrected chi connectivity index (χ3v) is 3.82. The molecule has 0 spiro atoms. The number of fused-ring (bicyclic) bond motifs is 1. The van der Waals surface area contributed by atoms with Crippen molar-refractivity contribution in [2.45, 2.75) is 18.8 Å². The van der Waals surface area contributed by atoms with Gasteiger partial charge in [-0.25, -0.2) is 9.37 Å². The van der Waals surface area contributed by atoms with Crippen molar-refractivity contribution < 1.29 is 27.8 Å². The molecule has 2 aromatic rings. The second kappa shape index (κ2) is 6.65. The standard InChI is InChI=1S/C17H12F3N3O3/c18-7-14(24)12-2-1-3-13-15(12)26-17(19,20)16(25)23(13)9-10-4-5-22-11(6-10)8-21/h1-6,14,24H,7,9H2/t14-/m1/s1. The highest BCUT2D eigenvalue weighted by Gasteiger charge is 2.51. The third-order valence-electron chi connectivity index (χ3n) is 3.82. The molecule has 0 saturated heterocycles. The zero-order chi connectivity index (χ0) is 18.9. The summed E-state index contributed by atoms with van der Waals surface area (Å²) in [6.07, 6.45) is -4.52. The fraction of sp³-hybridized carbons (Fsp3) is 0.235. The van der Waals surface area contributed by atoms with Gasteiger partial charge in [0, 0.05) is 11.8 Å². The molecule has 0 radical (unpaired) electrons. The topological polar surface area (TPSA) is 86.5 Å². The lowest BCUT2D eigenvalue weighted by Crippen LogP contribution is -2.50. The lowest BCUT2D eigenvalue weighted by atomic mass is 10.0. The Balaban J connectivity index is 2.08. The van der Waals surface area contributed by atoms with E-state index >= 15 is 0 Å². The highest BCUT2D eigenvalue weighted by atomic mass is 19.3. The van der Waals surface area contributed by atoms with Crippen molar-refractivity contribution >= 4 is 11.6 Å². The molecule has 3 rings (SSSR count). The fourth-order valence-electron chi connectivity index (χ4n) is 2.62. The number of amides is 1. The minimum Gasteiger partial charge on any atom is -0.423 e. The van der Waals surface area contributed by atoms with Gasteiger partial charge >= 0.3 is 12.0 Å². The number of carbonyl (C=O) groups is 1. The second-order valence-corrected chi connectivity index (χ2v) is 5.54. The maximum atomic E-state index is 14.1. The molecule has 1 aromatic heterocycles. The van der Waals surface area contributed by atoms with Crippen LogP contribution in [0, 0.1) is 11.3 Å². The van der Waals surface area contributed by atoms with Gasteiger partial charge in [-0.15, -0.1) is 0 Å². The summed E-state index contributed by atoms with van der Waals surface area (Å²) in [4.78, 5) is 16.7. The van der Waals surface area contributed by atoms with Gasteiger partial charge in [0.15, 0.2) is 5.75 Å². The molecule has 6 nitrogen and oxygen atoms in total. The van der Waals surface area contributed by atoms with Crippen LogP contribution in [0.5, 0.6) is 5.75 Å². The molecule has 1 aliphatic rings. The van der Waals surface area contributed by atoms with Crippen LogP contribution in [0.1, 0.15) is 22.9 Å². The van der Waals surface area contributed by atoms with Crippen LogP contribution in [0.3, 0.4) is 0 Å². The van der Waals surface area contributed by atoms with Crippen LogP contribution in [0.2, 0.25) is 0 Å². The predicted octanol–water partition coefficient (Wildman–Crippen LogP) is 2.47. The molecule has 1 amide bonds. The zero-order valence-electron chi connectivity index (χ0n) is 13.2. The molecule has 1 N–H and O–H groups in total. The van der Waals surface area contributed by atoms with Crippen molar-refractivity contribution in [2.75, 3.05) is 11.6 Å². The maximum absolute atomic E-state index is 14.1. The van der Waals surface area contributed by atoms with Gasteiger partial charge in [-0.1, -0.05) is 12.1 Å². The first-order chi connectivity index (χ1) is 12.4. The van der Waals surface area contributed by atoms with Crippen LogP contribution in [0.15, 0.2) is 36.5 Å². The van der Waals surface area contributed by atoms with E-state index in [1.807, 2.05) is 6.07 Å². The molecule has 0 aliphatic carbocycles. The van der Waals surface area contributed by atoms with E-state index in [1.165, 1.54) is 36.5 Å². The first-order valence-corrected chi connectivity index (χ1v) is 7.48. The molecule has 0 bridgehead atoms. The van der Waals surface area contributed by atoms with E-state index < -0.39 is 30.5 Å². The van der Waals surface area contributed by atoms with E-state index in [9.17, 15) is 23.1 Å². The van der Waals surface area contributed by atoms with Crippen molar-refractivity contribution in [1.82, 2.24) is 4.98 Å². The number of nitrogens with zero attached hydrogens (tertiary/aromatic N) is 3. The Bertz CT molecular complexity index is 898. The van der Waals surface area contributed by atoms with Gasteiger partial charge in [0.25, 0.3) is 0 Å². The van der Waals surface area contributed by atoms with Crippen molar-refractivity contribution in [3.05, 3.63) is 53.3 Å². The van der Waals surface area contributed by atoms with Crippen LogP contribution < -0.4 is 9.64 Å². The second-order valence-electron chi connectivity index (χ2n) is 5.54. The SMILES string of the molecule is N#Cc1cc(CN2C(=O)C(F)(F)Oc3c([C@H](O)CF)cccc32)ccn1. The number of aliphatic hydroxyl groups excluding tert-OH is 1. The van der Waals surface area contributed by atoms with Gasteiger partial charge in [-0.2, -0.15) is 14.0 Å². The maximum Gasteiger partial charge on any atom is 0.483 e. The van der Waals surface area contributed by atoms with Gasteiger partial charge < -0.3 is 9.84 Å². The molecule has 1 aromatic carbocycles. The monoisotopic (exact) mass is 363 g/mol. The summed E-state index contributed by atoms with van der Waals surface area (Å²) in [5.41, 5.74) is 0.248. The number of aliphatic hydroxyl groups is 1. The number of hydrogen-bond acceptors (Lipinski definition) is 5. The largest absolute Gasteiger partial charge is 0.483 e. The van der Waals surface area contributed by atoms with Crippen molar-refractivity contribution in [3.8, 4) is 11.8 Å². The summed E-state index contributed by atoms with van der Waals surface area (Å²) in [5, 5.41) is 18.6. The molecule has 0 unspecified atom stereocenters. The average Bonchev–Trinajstić information content (AvgIpc) is 2.64. The van der Waals surface area contributed by atoms with Gasteiger partial charge in [-0.05, 0) is 23.8 Å². The number of anilines is 1. The number of ether oxygens (including phenoxy) is 1. The predicted molar refractivity (Wildman–Crippen MR) is 83.1 cm³/mol. The quantitative estimate of drug-likeness (QED) is 0.902. The highest BCUT2D eigenvalue weighted by Crippen LogP contribution is 2.44. The van der Waals surface area contributed by atoms with E-state index in [2.05, 4.69) is 9.72 Å². The van der Waals surface area contributed by atoms with E-state index in [-0.39, 0.29) is 23.5 Å². The van der Waals surface area contributed by atoms with E-state index in [0.29, 0.717) is 5.56 Å². The molecule has 1 aliphatic heterocycles. The molecule has 0 saturated carbocycles. The Morgan fingerprint density at radius 1 is 1.38 bits per heavy atom. The van der Waals surface area contributed by atoms with Gasteiger partial charge in [-0.3, -0.25) is 9.69 Å². The van der Waals surface area contributed by atoms with Crippen molar-refractivity contribution in [1.29, 1.82) is 5.26 Å². The Kier molecular flexibility index (Phi) is 4.52. The number of hydrogen-bond donors (Lipinski definition) is 1. The number of pyridine rings is 1. The summed E-state index contributed by atoms with van der Waals surface area (Å²) >= 11 is 0. The molecule has 134 valence electrons. The van der Waals surface area contributed by atoms with Crippen molar-refractivity contribution in [3.63, 3.8) is 0 Å². The highest BCUT2D eigenvalue weighted by molar-refractivity contribution is 6.01. The smallest absolute Gasteiger partial charge is 0.423 e. The molecular formula is C17H12F3N3O3. The van der Waals surface area contributed by atoms with Gasteiger partial charge in [0.1, 0.15) is 24.5 Å². The van der Waals surface area contributed by atoms with Gasteiger partial charge in [0.2, 0.25) is 0 Å². The number of para-hydroxylation sites is 1.